The molecule has 0 aromatic rings. The predicted molar refractivity (Wildman–Crippen MR) is 59.6 cm³/mol. The van der Waals surface area contributed by atoms with E-state index in [-0.39, 0.29) is 12.5 Å². The van der Waals surface area contributed by atoms with Gasteiger partial charge >= 0.3 is 0 Å². The number of rotatable bonds is 9. The molecule has 15 heavy (non-hydrogen) atoms. The molecule has 4 heteroatoms. The van der Waals surface area contributed by atoms with Crippen molar-refractivity contribution < 1.29 is 9.90 Å². The lowest BCUT2D eigenvalue weighted by atomic mass is 10.2. The van der Waals surface area contributed by atoms with Gasteiger partial charge in [0.15, 0.2) is 0 Å². The number of aliphatic hydroxyl groups excluding tert-OH is 1. The summed E-state index contributed by atoms with van der Waals surface area (Å²) in [6, 6.07) is 0.462. The minimum Gasteiger partial charge on any atom is -0.396 e. The Balaban J connectivity index is 1.77. The van der Waals surface area contributed by atoms with Crippen molar-refractivity contribution in [1.29, 1.82) is 0 Å². The van der Waals surface area contributed by atoms with Gasteiger partial charge in [-0.05, 0) is 32.2 Å². The third-order valence-electron chi connectivity index (χ3n) is 2.49. The van der Waals surface area contributed by atoms with E-state index in [4.69, 9.17) is 5.11 Å². The first-order valence-corrected chi connectivity index (χ1v) is 5.94. The van der Waals surface area contributed by atoms with Gasteiger partial charge in [0, 0.05) is 12.6 Å². The van der Waals surface area contributed by atoms with Gasteiger partial charge in [-0.2, -0.15) is 0 Å². The quantitative estimate of drug-likeness (QED) is 0.487. The van der Waals surface area contributed by atoms with Crippen molar-refractivity contribution in [3.05, 3.63) is 0 Å². The van der Waals surface area contributed by atoms with Gasteiger partial charge < -0.3 is 15.7 Å². The Morgan fingerprint density at radius 1 is 1.20 bits per heavy atom. The van der Waals surface area contributed by atoms with Crippen LogP contribution in [0.15, 0.2) is 0 Å². The average molecular weight is 214 g/mol. The standard InChI is InChI=1S/C11H22N2O2/c14-8-4-2-1-3-7-12-9-11(15)13-10-5-6-10/h10,12,14H,1-9H2,(H,13,15). The number of hydrogen-bond acceptors (Lipinski definition) is 3. The molecule has 88 valence electrons. The first kappa shape index (κ1) is 12.5. The van der Waals surface area contributed by atoms with Gasteiger partial charge in [-0.3, -0.25) is 4.79 Å². The molecule has 0 saturated heterocycles. The van der Waals surface area contributed by atoms with E-state index in [1.54, 1.807) is 0 Å². The van der Waals surface area contributed by atoms with Gasteiger partial charge in [-0.25, -0.2) is 0 Å². The zero-order chi connectivity index (χ0) is 10.9. The molecule has 1 rings (SSSR count). The highest BCUT2D eigenvalue weighted by atomic mass is 16.2. The van der Waals surface area contributed by atoms with E-state index in [0.29, 0.717) is 12.6 Å². The Labute approximate surface area is 91.4 Å². The second-order valence-corrected chi connectivity index (χ2v) is 4.16. The zero-order valence-electron chi connectivity index (χ0n) is 9.30. The predicted octanol–water partition coefficient (Wildman–Crippen LogP) is 0.407. The zero-order valence-corrected chi connectivity index (χ0v) is 9.30. The molecule has 1 amide bonds. The Morgan fingerprint density at radius 2 is 1.93 bits per heavy atom. The molecule has 0 aromatic carbocycles. The molecule has 1 aliphatic carbocycles. The average Bonchev–Trinajstić information content (AvgIpc) is 3.00. The van der Waals surface area contributed by atoms with Gasteiger partial charge in [0.25, 0.3) is 0 Å². The van der Waals surface area contributed by atoms with Crippen molar-refractivity contribution in [3.63, 3.8) is 0 Å². The highest BCUT2D eigenvalue weighted by Crippen LogP contribution is 2.18. The fourth-order valence-corrected chi connectivity index (χ4v) is 1.42. The summed E-state index contributed by atoms with van der Waals surface area (Å²) in [6.45, 7) is 1.62. The maximum atomic E-state index is 11.2. The molecule has 0 aliphatic heterocycles. The van der Waals surface area contributed by atoms with E-state index in [0.717, 1.165) is 45.1 Å². The molecule has 1 aliphatic rings. The number of carbonyl (C=O) groups is 1. The monoisotopic (exact) mass is 214 g/mol. The largest absolute Gasteiger partial charge is 0.396 e. The van der Waals surface area contributed by atoms with Crippen LogP contribution in [0.4, 0.5) is 0 Å². The summed E-state index contributed by atoms with van der Waals surface area (Å²) in [6.07, 6.45) is 6.46. The third-order valence-corrected chi connectivity index (χ3v) is 2.49. The molecule has 0 aromatic heterocycles. The molecule has 0 atom stereocenters. The number of hydrogen-bond donors (Lipinski definition) is 3. The molecule has 0 spiro atoms. The van der Waals surface area contributed by atoms with Crippen LogP contribution in [-0.2, 0) is 4.79 Å². The van der Waals surface area contributed by atoms with E-state index in [9.17, 15) is 4.79 Å². The second-order valence-electron chi connectivity index (χ2n) is 4.16. The van der Waals surface area contributed by atoms with Crippen LogP contribution in [0.5, 0.6) is 0 Å². The summed E-state index contributed by atoms with van der Waals surface area (Å²) < 4.78 is 0. The summed E-state index contributed by atoms with van der Waals surface area (Å²) in [5.74, 6) is 0.118. The van der Waals surface area contributed by atoms with Crippen molar-refractivity contribution in [3.8, 4) is 0 Å². The SMILES string of the molecule is O=C(CNCCCCCCO)NC1CC1. The first-order chi connectivity index (χ1) is 7.33. The minimum absolute atomic E-state index is 0.118. The fraction of sp³-hybridized carbons (Fsp3) is 0.909. The molecule has 0 radical (unpaired) electrons. The first-order valence-electron chi connectivity index (χ1n) is 5.94. The molecular weight excluding hydrogens is 192 g/mol. The Bertz CT molecular complexity index is 181. The molecule has 1 saturated carbocycles. The Hall–Kier alpha value is -0.610. The van der Waals surface area contributed by atoms with Gasteiger partial charge in [0.2, 0.25) is 5.91 Å². The minimum atomic E-state index is 0.118. The van der Waals surface area contributed by atoms with Crippen LogP contribution in [0.1, 0.15) is 38.5 Å². The molecule has 1 fully saturated rings. The molecule has 4 nitrogen and oxygen atoms in total. The van der Waals surface area contributed by atoms with Gasteiger partial charge in [-0.15, -0.1) is 0 Å². The van der Waals surface area contributed by atoms with Crippen molar-refractivity contribution in [2.45, 2.75) is 44.6 Å². The number of nitrogens with one attached hydrogen (secondary N) is 2. The van der Waals surface area contributed by atoms with Crippen LogP contribution >= 0.6 is 0 Å². The van der Waals surface area contributed by atoms with Crippen LogP contribution in [-0.4, -0.2) is 36.8 Å². The van der Waals surface area contributed by atoms with Gasteiger partial charge in [0.1, 0.15) is 0 Å². The second kappa shape index (κ2) is 7.65. The van der Waals surface area contributed by atoms with E-state index in [1.807, 2.05) is 0 Å². The topological polar surface area (TPSA) is 61.4 Å². The van der Waals surface area contributed by atoms with E-state index >= 15 is 0 Å². The van der Waals surface area contributed by atoms with Gasteiger partial charge in [0.05, 0.1) is 6.54 Å². The van der Waals surface area contributed by atoms with E-state index < -0.39 is 0 Å². The van der Waals surface area contributed by atoms with Gasteiger partial charge in [-0.1, -0.05) is 12.8 Å². The fourth-order valence-electron chi connectivity index (χ4n) is 1.42. The number of unbranched alkanes of at least 4 members (excludes halogenated alkanes) is 3. The van der Waals surface area contributed by atoms with E-state index in [1.165, 1.54) is 0 Å². The van der Waals surface area contributed by atoms with Crippen molar-refractivity contribution >= 4 is 5.91 Å². The Kier molecular flexibility index (Phi) is 6.36. The molecule has 0 heterocycles. The molecule has 0 bridgehead atoms. The summed E-state index contributed by atoms with van der Waals surface area (Å²) in [7, 11) is 0. The van der Waals surface area contributed by atoms with E-state index in [2.05, 4.69) is 10.6 Å². The highest BCUT2D eigenvalue weighted by molar-refractivity contribution is 5.78. The van der Waals surface area contributed by atoms with Crippen LogP contribution in [0.3, 0.4) is 0 Å². The van der Waals surface area contributed by atoms with Crippen LogP contribution in [0, 0.1) is 0 Å². The highest BCUT2D eigenvalue weighted by Gasteiger charge is 2.22. The number of carbonyl (C=O) groups excluding carboxylic acids is 1. The van der Waals surface area contributed by atoms with Crippen LogP contribution in [0.2, 0.25) is 0 Å². The van der Waals surface area contributed by atoms with Crippen LogP contribution < -0.4 is 10.6 Å². The number of aliphatic hydroxyl groups is 1. The Morgan fingerprint density at radius 3 is 2.60 bits per heavy atom. The summed E-state index contributed by atoms with van der Waals surface area (Å²) >= 11 is 0. The van der Waals surface area contributed by atoms with Crippen molar-refractivity contribution in [2.24, 2.45) is 0 Å². The summed E-state index contributed by atoms with van der Waals surface area (Å²) in [5.41, 5.74) is 0. The smallest absolute Gasteiger partial charge is 0.234 e. The lowest BCUT2D eigenvalue weighted by Crippen LogP contribution is -2.35. The molecular formula is C11H22N2O2. The summed E-state index contributed by atoms with van der Waals surface area (Å²) in [4.78, 5) is 11.2. The van der Waals surface area contributed by atoms with Crippen molar-refractivity contribution in [2.75, 3.05) is 19.7 Å². The lowest BCUT2D eigenvalue weighted by molar-refractivity contribution is -0.120. The lowest BCUT2D eigenvalue weighted by Gasteiger charge is -2.05. The number of amides is 1. The van der Waals surface area contributed by atoms with Crippen LogP contribution in [0.25, 0.3) is 0 Å². The third kappa shape index (κ3) is 7.33. The molecule has 3 N–H and O–H groups in total. The summed E-state index contributed by atoms with van der Waals surface area (Å²) in [5, 5.41) is 14.6. The van der Waals surface area contributed by atoms with Crippen molar-refractivity contribution in [1.82, 2.24) is 10.6 Å². The maximum absolute atomic E-state index is 11.2. The maximum Gasteiger partial charge on any atom is 0.234 e. The molecule has 0 unspecified atom stereocenters. The normalized spacial score (nSPS) is 15.3.